The van der Waals surface area contributed by atoms with Crippen LogP contribution in [-0.4, -0.2) is 30.6 Å². The number of hydrogen-bond acceptors (Lipinski definition) is 2. The summed E-state index contributed by atoms with van der Waals surface area (Å²) in [6, 6.07) is 9.85. The maximum atomic E-state index is 5.36. The van der Waals surface area contributed by atoms with E-state index in [-0.39, 0.29) is 0 Å². The second-order valence-electron chi connectivity index (χ2n) is 5.55. The summed E-state index contributed by atoms with van der Waals surface area (Å²) in [5.74, 6) is 2.73. The standard InChI is InChI=1S/C17H24N2/c1-4-11-19-12-9-17(10-13-19)18-15(3)16-7-5-14(2)6-8-16/h1,5-8,15,17-18H,9-13H2,2-3H3/t15-/m1/s1. The van der Waals surface area contributed by atoms with Crippen molar-refractivity contribution in [3.8, 4) is 12.3 Å². The summed E-state index contributed by atoms with van der Waals surface area (Å²) >= 11 is 0. The Morgan fingerprint density at radius 2 is 1.95 bits per heavy atom. The van der Waals surface area contributed by atoms with Crippen molar-refractivity contribution >= 4 is 0 Å². The lowest BCUT2D eigenvalue weighted by atomic mass is 10.0. The monoisotopic (exact) mass is 256 g/mol. The van der Waals surface area contributed by atoms with Gasteiger partial charge in [-0.1, -0.05) is 35.7 Å². The number of benzene rings is 1. The second kappa shape index (κ2) is 6.75. The predicted molar refractivity (Wildman–Crippen MR) is 81.0 cm³/mol. The number of nitrogens with zero attached hydrogens (tertiary/aromatic N) is 1. The number of rotatable bonds is 4. The molecule has 1 aliphatic rings. The van der Waals surface area contributed by atoms with Gasteiger partial charge in [0, 0.05) is 25.2 Å². The average Bonchev–Trinajstić information content (AvgIpc) is 2.42. The fourth-order valence-corrected chi connectivity index (χ4v) is 2.69. The molecule has 2 rings (SSSR count). The molecule has 1 aromatic rings. The second-order valence-corrected chi connectivity index (χ2v) is 5.55. The molecule has 0 unspecified atom stereocenters. The molecule has 2 heteroatoms. The quantitative estimate of drug-likeness (QED) is 0.833. The van der Waals surface area contributed by atoms with Gasteiger partial charge < -0.3 is 5.32 Å². The highest BCUT2D eigenvalue weighted by atomic mass is 15.1. The lowest BCUT2D eigenvalue weighted by Gasteiger charge is -2.33. The van der Waals surface area contributed by atoms with Crippen LogP contribution in [0.1, 0.15) is 36.9 Å². The largest absolute Gasteiger partial charge is 0.307 e. The molecule has 1 atom stereocenters. The molecule has 0 bridgehead atoms. The molecule has 1 N–H and O–H groups in total. The van der Waals surface area contributed by atoms with Crippen LogP contribution in [0.3, 0.4) is 0 Å². The highest BCUT2D eigenvalue weighted by molar-refractivity contribution is 5.23. The van der Waals surface area contributed by atoms with Gasteiger partial charge in [-0.05, 0) is 32.3 Å². The van der Waals surface area contributed by atoms with Crippen molar-refractivity contribution in [2.75, 3.05) is 19.6 Å². The first kappa shape index (κ1) is 14.1. The zero-order valence-corrected chi connectivity index (χ0v) is 12.0. The van der Waals surface area contributed by atoms with E-state index < -0.39 is 0 Å². The minimum atomic E-state index is 0.421. The van der Waals surface area contributed by atoms with Gasteiger partial charge in [-0.15, -0.1) is 6.42 Å². The third-order valence-electron chi connectivity index (χ3n) is 3.97. The number of piperidine rings is 1. The first-order valence-electron chi connectivity index (χ1n) is 7.17. The van der Waals surface area contributed by atoms with Crippen molar-refractivity contribution in [1.29, 1.82) is 0 Å². The SMILES string of the molecule is C#CCN1CCC(N[C@H](C)c2ccc(C)cc2)CC1. The van der Waals surface area contributed by atoms with Crippen molar-refractivity contribution in [3.05, 3.63) is 35.4 Å². The highest BCUT2D eigenvalue weighted by Gasteiger charge is 2.20. The summed E-state index contributed by atoms with van der Waals surface area (Å²) in [6.45, 7) is 7.40. The molecular formula is C17H24N2. The topological polar surface area (TPSA) is 15.3 Å². The van der Waals surface area contributed by atoms with Gasteiger partial charge in [0.2, 0.25) is 0 Å². The van der Waals surface area contributed by atoms with Crippen molar-refractivity contribution < 1.29 is 0 Å². The van der Waals surface area contributed by atoms with Gasteiger partial charge in [0.1, 0.15) is 0 Å². The minimum Gasteiger partial charge on any atom is -0.307 e. The van der Waals surface area contributed by atoms with Crippen molar-refractivity contribution in [2.45, 2.75) is 38.8 Å². The van der Waals surface area contributed by atoms with Crippen LogP contribution in [0, 0.1) is 19.3 Å². The summed E-state index contributed by atoms with van der Waals surface area (Å²) in [5.41, 5.74) is 2.69. The van der Waals surface area contributed by atoms with Crippen LogP contribution >= 0.6 is 0 Å². The predicted octanol–water partition coefficient (Wildman–Crippen LogP) is 2.74. The fourth-order valence-electron chi connectivity index (χ4n) is 2.69. The molecule has 0 spiro atoms. The van der Waals surface area contributed by atoms with E-state index in [9.17, 15) is 0 Å². The molecule has 19 heavy (non-hydrogen) atoms. The Morgan fingerprint density at radius 1 is 1.32 bits per heavy atom. The Morgan fingerprint density at radius 3 is 2.53 bits per heavy atom. The lowest BCUT2D eigenvalue weighted by molar-refractivity contribution is 0.211. The minimum absolute atomic E-state index is 0.421. The number of nitrogens with one attached hydrogen (secondary N) is 1. The highest BCUT2D eigenvalue weighted by Crippen LogP contribution is 2.17. The molecule has 0 saturated carbocycles. The Bertz CT molecular complexity index is 422. The molecule has 0 aliphatic carbocycles. The molecular weight excluding hydrogens is 232 g/mol. The fraction of sp³-hybridized carbons (Fsp3) is 0.529. The molecule has 2 nitrogen and oxygen atoms in total. The summed E-state index contributed by atoms with van der Waals surface area (Å²) in [5, 5.41) is 3.74. The maximum Gasteiger partial charge on any atom is 0.0598 e. The summed E-state index contributed by atoms with van der Waals surface area (Å²) in [7, 11) is 0. The van der Waals surface area contributed by atoms with Crippen LogP contribution in [0.2, 0.25) is 0 Å². The van der Waals surface area contributed by atoms with E-state index in [0.29, 0.717) is 12.1 Å². The van der Waals surface area contributed by atoms with E-state index in [2.05, 4.69) is 54.3 Å². The molecule has 102 valence electrons. The Hall–Kier alpha value is -1.30. The molecule has 1 aromatic carbocycles. The Balaban J connectivity index is 1.82. The Labute approximate surface area is 117 Å². The van der Waals surface area contributed by atoms with Crippen molar-refractivity contribution in [2.24, 2.45) is 0 Å². The molecule has 1 aliphatic heterocycles. The Kier molecular flexibility index (Phi) is 5.01. The van der Waals surface area contributed by atoms with E-state index in [4.69, 9.17) is 6.42 Å². The van der Waals surface area contributed by atoms with Gasteiger partial charge in [0.25, 0.3) is 0 Å². The lowest BCUT2D eigenvalue weighted by Crippen LogP contribution is -2.43. The summed E-state index contributed by atoms with van der Waals surface area (Å²) < 4.78 is 0. The molecule has 0 amide bonds. The maximum absolute atomic E-state index is 5.36. The van der Waals surface area contributed by atoms with E-state index in [1.165, 1.54) is 24.0 Å². The van der Waals surface area contributed by atoms with Crippen LogP contribution < -0.4 is 5.32 Å². The van der Waals surface area contributed by atoms with Crippen LogP contribution in [0.5, 0.6) is 0 Å². The van der Waals surface area contributed by atoms with Gasteiger partial charge in [-0.2, -0.15) is 0 Å². The van der Waals surface area contributed by atoms with Gasteiger partial charge in [0.05, 0.1) is 6.54 Å². The van der Waals surface area contributed by atoms with Crippen LogP contribution in [-0.2, 0) is 0 Å². The van der Waals surface area contributed by atoms with E-state index in [1.54, 1.807) is 0 Å². The zero-order chi connectivity index (χ0) is 13.7. The summed E-state index contributed by atoms with van der Waals surface area (Å²) in [4.78, 5) is 2.36. The number of terminal acetylenes is 1. The molecule has 1 heterocycles. The third-order valence-corrected chi connectivity index (χ3v) is 3.97. The average molecular weight is 256 g/mol. The first-order chi connectivity index (χ1) is 9.19. The van der Waals surface area contributed by atoms with Gasteiger partial charge in [-0.25, -0.2) is 0 Å². The number of likely N-dealkylation sites (tertiary alicyclic amines) is 1. The molecule has 0 radical (unpaired) electrons. The first-order valence-corrected chi connectivity index (χ1v) is 7.17. The van der Waals surface area contributed by atoms with E-state index >= 15 is 0 Å². The van der Waals surface area contributed by atoms with Crippen molar-refractivity contribution in [3.63, 3.8) is 0 Å². The summed E-state index contributed by atoms with van der Waals surface area (Å²) in [6.07, 6.45) is 7.74. The van der Waals surface area contributed by atoms with Crippen LogP contribution in [0.4, 0.5) is 0 Å². The van der Waals surface area contributed by atoms with Crippen LogP contribution in [0.25, 0.3) is 0 Å². The number of aryl methyl sites for hydroxylation is 1. The van der Waals surface area contributed by atoms with E-state index in [1.807, 2.05) is 0 Å². The molecule has 1 saturated heterocycles. The smallest absolute Gasteiger partial charge is 0.0598 e. The van der Waals surface area contributed by atoms with Crippen molar-refractivity contribution in [1.82, 2.24) is 10.2 Å². The van der Waals surface area contributed by atoms with Crippen LogP contribution in [0.15, 0.2) is 24.3 Å². The van der Waals surface area contributed by atoms with Gasteiger partial charge >= 0.3 is 0 Å². The van der Waals surface area contributed by atoms with Gasteiger partial charge in [0.15, 0.2) is 0 Å². The normalized spacial score (nSPS) is 19.0. The molecule has 1 fully saturated rings. The zero-order valence-electron chi connectivity index (χ0n) is 12.0. The van der Waals surface area contributed by atoms with Gasteiger partial charge in [-0.3, -0.25) is 4.90 Å². The van der Waals surface area contributed by atoms with E-state index in [0.717, 1.165) is 19.6 Å². The molecule has 0 aromatic heterocycles. The number of hydrogen-bond donors (Lipinski definition) is 1. The third kappa shape index (κ3) is 4.09.